The minimum absolute atomic E-state index is 0.819. The molecule has 0 aromatic rings. The lowest BCUT2D eigenvalue weighted by Gasteiger charge is -2.34. The summed E-state index contributed by atoms with van der Waals surface area (Å²) in [4.78, 5) is 0. The van der Waals surface area contributed by atoms with Gasteiger partial charge in [0.1, 0.15) is 0 Å². The Balaban J connectivity index is 2.35. The van der Waals surface area contributed by atoms with Crippen LogP contribution in [0.25, 0.3) is 0 Å². The van der Waals surface area contributed by atoms with Crippen molar-refractivity contribution in [3.8, 4) is 0 Å². The lowest BCUT2D eigenvalue weighted by molar-refractivity contribution is -0.0440. The Morgan fingerprint density at radius 1 is 1.55 bits per heavy atom. The predicted molar refractivity (Wildman–Crippen MR) is 48.4 cm³/mol. The lowest BCUT2D eigenvalue weighted by Crippen LogP contribution is -2.47. The largest absolute Gasteiger partial charge is 0.379 e. The van der Waals surface area contributed by atoms with E-state index >= 15 is 0 Å². The second-order valence-corrected chi connectivity index (χ2v) is 2.64. The van der Waals surface area contributed by atoms with Crippen molar-refractivity contribution in [3.05, 3.63) is 0 Å². The average Bonchev–Trinajstić information content (AvgIpc) is 2.09. The molecule has 0 spiro atoms. The number of nitrogens with zero attached hydrogens (tertiary/aromatic N) is 2. The zero-order valence-electron chi connectivity index (χ0n) is 6.82. The molecule has 0 N–H and O–H groups in total. The Morgan fingerprint density at radius 3 is 2.64 bits per heavy atom. The minimum Gasteiger partial charge on any atom is -0.379 e. The summed E-state index contributed by atoms with van der Waals surface area (Å²) in [6.07, 6.45) is 0. The number of thiocarbonyl (C=S) groups is 1. The molecular formula is C7H14N2OS. The highest BCUT2D eigenvalue weighted by Crippen LogP contribution is 2.00. The van der Waals surface area contributed by atoms with E-state index in [1.165, 1.54) is 0 Å². The fraction of sp³-hybridized carbons (Fsp3) is 0.857. The highest BCUT2D eigenvalue weighted by atomic mass is 32.1. The third-order valence-electron chi connectivity index (χ3n) is 1.80. The van der Waals surface area contributed by atoms with E-state index < -0.39 is 0 Å². The van der Waals surface area contributed by atoms with Crippen LogP contribution in [0.4, 0.5) is 0 Å². The van der Waals surface area contributed by atoms with Gasteiger partial charge in [0.25, 0.3) is 0 Å². The molecular weight excluding hydrogens is 160 g/mol. The molecule has 1 fully saturated rings. The molecule has 64 valence electrons. The minimum atomic E-state index is 0.819. The maximum atomic E-state index is 5.22. The number of hydrazine groups is 1. The van der Waals surface area contributed by atoms with Gasteiger partial charge in [0.2, 0.25) is 0 Å². The summed E-state index contributed by atoms with van der Waals surface area (Å²) >= 11 is 4.87. The topological polar surface area (TPSA) is 15.7 Å². The summed E-state index contributed by atoms with van der Waals surface area (Å²) in [6.45, 7) is 6.60. The predicted octanol–water partition coefficient (Wildman–Crippen LogP) is 0.513. The van der Waals surface area contributed by atoms with E-state index in [0.29, 0.717) is 0 Å². The molecule has 1 rings (SSSR count). The smallest absolute Gasteiger partial charge is 0.0790 e. The van der Waals surface area contributed by atoms with Crippen LogP contribution in [0, 0.1) is 0 Å². The van der Waals surface area contributed by atoms with Crippen LogP contribution >= 0.6 is 12.2 Å². The normalized spacial score (nSPS) is 19.7. The van der Waals surface area contributed by atoms with Gasteiger partial charge >= 0.3 is 0 Å². The Bertz CT molecular complexity index is 126. The molecule has 4 heteroatoms. The van der Waals surface area contributed by atoms with Crippen molar-refractivity contribution >= 4 is 17.7 Å². The van der Waals surface area contributed by atoms with Gasteiger partial charge in [0.15, 0.2) is 0 Å². The molecule has 1 heterocycles. The van der Waals surface area contributed by atoms with Crippen molar-refractivity contribution in [1.82, 2.24) is 10.0 Å². The second kappa shape index (κ2) is 4.64. The maximum Gasteiger partial charge on any atom is 0.0790 e. The van der Waals surface area contributed by atoms with Crippen LogP contribution in [0.1, 0.15) is 6.92 Å². The molecule has 0 radical (unpaired) electrons. The Hall–Kier alpha value is -0.190. The Kier molecular flexibility index (Phi) is 3.76. The number of hydrogen-bond acceptors (Lipinski definition) is 3. The van der Waals surface area contributed by atoms with Gasteiger partial charge in [0.05, 0.1) is 18.7 Å². The zero-order valence-corrected chi connectivity index (χ0v) is 7.64. The van der Waals surface area contributed by atoms with Crippen molar-refractivity contribution in [3.63, 3.8) is 0 Å². The van der Waals surface area contributed by atoms with Gasteiger partial charge in [-0.2, -0.15) is 0 Å². The third-order valence-corrected chi connectivity index (χ3v) is 2.04. The summed E-state index contributed by atoms with van der Waals surface area (Å²) in [6, 6.07) is 0. The van der Waals surface area contributed by atoms with Crippen LogP contribution in [0.5, 0.6) is 0 Å². The summed E-state index contributed by atoms with van der Waals surface area (Å²) in [5.41, 5.74) is 1.70. The van der Waals surface area contributed by atoms with Crippen LogP contribution in [0.3, 0.4) is 0 Å². The van der Waals surface area contributed by atoms with E-state index in [1.807, 2.05) is 0 Å². The fourth-order valence-electron chi connectivity index (χ4n) is 1.15. The van der Waals surface area contributed by atoms with Gasteiger partial charge in [-0.05, 0) is 6.92 Å². The van der Waals surface area contributed by atoms with Crippen LogP contribution in [0.15, 0.2) is 0 Å². The summed E-state index contributed by atoms with van der Waals surface area (Å²) in [5, 5.41) is 4.27. The molecule has 1 saturated heterocycles. The van der Waals surface area contributed by atoms with Crippen molar-refractivity contribution in [2.45, 2.75) is 6.92 Å². The molecule has 11 heavy (non-hydrogen) atoms. The fourth-order valence-corrected chi connectivity index (χ4v) is 1.43. The summed E-state index contributed by atoms with van der Waals surface area (Å²) in [7, 11) is 0. The number of ether oxygens (including phenoxy) is 1. The first-order chi connectivity index (χ1) is 5.38. The molecule has 1 aliphatic heterocycles. The highest BCUT2D eigenvalue weighted by molar-refractivity contribution is 7.78. The van der Waals surface area contributed by atoms with Crippen LogP contribution in [-0.4, -0.2) is 48.4 Å². The molecule has 0 atom stereocenters. The molecule has 0 aliphatic carbocycles. The van der Waals surface area contributed by atoms with Crippen molar-refractivity contribution in [1.29, 1.82) is 0 Å². The van der Waals surface area contributed by atoms with E-state index in [0.717, 1.165) is 32.8 Å². The van der Waals surface area contributed by atoms with Gasteiger partial charge in [-0.1, -0.05) is 12.2 Å². The van der Waals surface area contributed by atoms with Gasteiger partial charge in [-0.3, -0.25) is 0 Å². The quantitative estimate of drug-likeness (QED) is 0.579. The standard InChI is InChI=1S/C7H14N2OS/c1-2-8(7-11)9-3-5-10-6-4-9/h7H,2-6H2,1H3. The number of morpholine rings is 1. The van der Waals surface area contributed by atoms with E-state index in [4.69, 9.17) is 17.0 Å². The molecule has 0 aromatic carbocycles. The Labute approximate surface area is 72.9 Å². The van der Waals surface area contributed by atoms with Gasteiger partial charge in [-0.25, -0.2) is 5.01 Å². The van der Waals surface area contributed by atoms with E-state index in [1.54, 1.807) is 5.49 Å². The van der Waals surface area contributed by atoms with Crippen LogP contribution in [0.2, 0.25) is 0 Å². The van der Waals surface area contributed by atoms with Gasteiger partial charge in [0, 0.05) is 19.6 Å². The first kappa shape index (κ1) is 8.90. The van der Waals surface area contributed by atoms with E-state index in [2.05, 4.69) is 16.9 Å². The SMILES string of the molecule is CCN(C=S)N1CCOCC1. The third kappa shape index (κ3) is 2.39. The summed E-state index contributed by atoms with van der Waals surface area (Å²) in [5.74, 6) is 0. The Morgan fingerprint density at radius 2 is 2.18 bits per heavy atom. The van der Waals surface area contributed by atoms with Crippen LogP contribution in [-0.2, 0) is 4.74 Å². The van der Waals surface area contributed by atoms with Crippen molar-refractivity contribution in [2.75, 3.05) is 32.8 Å². The zero-order chi connectivity index (χ0) is 8.10. The number of rotatable bonds is 3. The van der Waals surface area contributed by atoms with Crippen molar-refractivity contribution in [2.24, 2.45) is 0 Å². The molecule has 0 unspecified atom stereocenters. The maximum absolute atomic E-state index is 5.22. The lowest BCUT2D eigenvalue weighted by atomic mass is 10.5. The summed E-state index contributed by atoms with van der Waals surface area (Å²) < 4.78 is 5.22. The van der Waals surface area contributed by atoms with Crippen LogP contribution < -0.4 is 0 Å². The van der Waals surface area contributed by atoms with E-state index in [-0.39, 0.29) is 0 Å². The highest BCUT2D eigenvalue weighted by Gasteiger charge is 2.13. The molecule has 0 aromatic heterocycles. The monoisotopic (exact) mass is 174 g/mol. The second-order valence-electron chi connectivity index (χ2n) is 2.43. The average molecular weight is 174 g/mol. The van der Waals surface area contributed by atoms with Crippen molar-refractivity contribution < 1.29 is 4.74 Å². The first-order valence-corrected chi connectivity index (χ1v) is 4.40. The molecule has 3 nitrogen and oxygen atoms in total. The molecule has 0 amide bonds. The molecule has 0 bridgehead atoms. The molecule has 0 saturated carbocycles. The molecule has 1 aliphatic rings. The van der Waals surface area contributed by atoms with E-state index in [9.17, 15) is 0 Å². The number of hydrogen-bond donors (Lipinski definition) is 0. The van der Waals surface area contributed by atoms with Gasteiger partial charge < -0.3 is 9.75 Å². The first-order valence-electron chi connectivity index (χ1n) is 3.93. The van der Waals surface area contributed by atoms with Gasteiger partial charge in [-0.15, -0.1) is 0 Å².